The van der Waals surface area contributed by atoms with Crippen LogP contribution in [0.5, 0.6) is 11.6 Å². The number of halogens is 4. The van der Waals surface area contributed by atoms with E-state index in [1.54, 1.807) is 24.3 Å². The first-order valence-corrected chi connectivity index (χ1v) is 6.15. The van der Waals surface area contributed by atoms with Gasteiger partial charge in [0.2, 0.25) is 5.88 Å². The molecule has 1 aromatic heterocycles. The highest BCUT2D eigenvalue weighted by molar-refractivity contribution is 6.29. The number of ether oxygens (including phenoxy) is 1. The normalized spacial score (nSPS) is 11.0. The number of benzene rings is 1. The molecular weight excluding hydrogens is 305 g/mol. The topological polar surface area (TPSA) is 45.9 Å². The number of aromatic nitrogens is 1. The molecule has 0 N–H and O–H groups in total. The van der Waals surface area contributed by atoms with E-state index in [4.69, 9.17) is 21.6 Å². The molecule has 0 aliphatic heterocycles. The van der Waals surface area contributed by atoms with Gasteiger partial charge < -0.3 is 4.74 Å². The van der Waals surface area contributed by atoms with Gasteiger partial charge in [0.15, 0.2) is 0 Å². The molecule has 0 bridgehead atoms. The molecule has 21 heavy (non-hydrogen) atoms. The lowest BCUT2D eigenvalue weighted by molar-refractivity contribution is -0.137. The van der Waals surface area contributed by atoms with Gasteiger partial charge in [-0.15, -0.1) is 0 Å². The van der Waals surface area contributed by atoms with Crippen molar-refractivity contribution in [1.82, 2.24) is 4.98 Å². The van der Waals surface area contributed by atoms with Crippen molar-refractivity contribution in [3.05, 3.63) is 52.7 Å². The Labute approximate surface area is 123 Å². The summed E-state index contributed by atoms with van der Waals surface area (Å²) in [5.41, 5.74) is -0.154. The van der Waals surface area contributed by atoms with E-state index < -0.39 is 11.7 Å². The molecule has 2 aromatic rings. The summed E-state index contributed by atoms with van der Waals surface area (Å²) in [6, 6.07) is 9.87. The Morgan fingerprint density at radius 3 is 2.43 bits per heavy atom. The Morgan fingerprint density at radius 2 is 1.86 bits per heavy atom. The Kier molecular flexibility index (Phi) is 4.34. The summed E-state index contributed by atoms with van der Waals surface area (Å²) in [5.74, 6) is 0.0578. The van der Waals surface area contributed by atoms with Crippen LogP contribution in [0, 0.1) is 11.3 Å². The van der Waals surface area contributed by atoms with Crippen molar-refractivity contribution >= 4 is 11.6 Å². The standard InChI is InChI=1S/C14H8ClF3N2O/c15-12-7-10(14(16,17)18)8-13(20-12)21-11-3-1-9(2-4-11)5-6-19/h1-4,7-8H,5H2. The van der Waals surface area contributed by atoms with Crippen LogP contribution in [0.15, 0.2) is 36.4 Å². The number of hydrogen-bond acceptors (Lipinski definition) is 3. The molecule has 0 fully saturated rings. The first-order chi connectivity index (χ1) is 9.88. The lowest BCUT2D eigenvalue weighted by atomic mass is 10.2. The maximum absolute atomic E-state index is 12.7. The number of alkyl halides is 3. The smallest absolute Gasteiger partial charge is 0.416 e. The summed E-state index contributed by atoms with van der Waals surface area (Å²) in [6.45, 7) is 0. The van der Waals surface area contributed by atoms with Gasteiger partial charge in [0.25, 0.3) is 0 Å². The van der Waals surface area contributed by atoms with E-state index in [0.717, 1.165) is 17.7 Å². The van der Waals surface area contributed by atoms with Crippen molar-refractivity contribution in [2.75, 3.05) is 0 Å². The molecule has 1 aromatic carbocycles. The molecule has 0 saturated heterocycles. The maximum atomic E-state index is 12.7. The molecule has 0 amide bonds. The summed E-state index contributed by atoms with van der Waals surface area (Å²) >= 11 is 5.56. The second kappa shape index (κ2) is 6.02. The van der Waals surface area contributed by atoms with E-state index in [1.807, 2.05) is 6.07 Å². The summed E-state index contributed by atoms with van der Waals surface area (Å²) in [4.78, 5) is 3.69. The highest BCUT2D eigenvalue weighted by Gasteiger charge is 2.31. The average molecular weight is 313 g/mol. The van der Waals surface area contributed by atoms with Crippen LogP contribution < -0.4 is 4.74 Å². The number of rotatable bonds is 3. The van der Waals surface area contributed by atoms with E-state index in [1.165, 1.54) is 0 Å². The Balaban J connectivity index is 2.23. The molecule has 2 rings (SSSR count). The zero-order chi connectivity index (χ0) is 15.5. The third-order valence-electron chi connectivity index (χ3n) is 2.53. The van der Waals surface area contributed by atoms with E-state index >= 15 is 0 Å². The van der Waals surface area contributed by atoms with Gasteiger partial charge in [0, 0.05) is 6.07 Å². The molecule has 7 heteroatoms. The highest BCUT2D eigenvalue weighted by Crippen LogP contribution is 2.33. The lowest BCUT2D eigenvalue weighted by Crippen LogP contribution is -2.05. The van der Waals surface area contributed by atoms with Crippen LogP contribution in [0.2, 0.25) is 5.15 Å². The fraction of sp³-hybridized carbons (Fsp3) is 0.143. The minimum atomic E-state index is -4.53. The van der Waals surface area contributed by atoms with E-state index in [0.29, 0.717) is 5.75 Å². The van der Waals surface area contributed by atoms with Gasteiger partial charge in [0.05, 0.1) is 18.1 Å². The molecule has 0 unspecified atom stereocenters. The monoisotopic (exact) mass is 312 g/mol. The third-order valence-corrected chi connectivity index (χ3v) is 2.72. The number of nitrogens with zero attached hydrogens (tertiary/aromatic N) is 2. The van der Waals surface area contributed by atoms with Gasteiger partial charge >= 0.3 is 6.18 Å². The van der Waals surface area contributed by atoms with Crippen molar-refractivity contribution < 1.29 is 17.9 Å². The second-order valence-electron chi connectivity index (χ2n) is 4.10. The van der Waals surface area contributed by atoms with Crippen molar-refractivity contribution in [2.45, 2.75) is 12.6 Å². The SMILES string of the molecule is N#CCc1ccc(Oc2cc(C(F)(F)F)cc(Cl)n2)cc1. The Morgan fingerprint density at radius 1 is 1.19 bits per heavy atom. The summed E-state index contributed by atoms with van der Waals surface area (Å²) in [6.07, 6.45) is -4.28. The minimum absolute atomic E-state index is 0.244. The number of hydrogen-bond donors (Lipinski definition) is 0. The molecule has 108 valence electrons. The summed E-state index contributed by atoms with van der Waals surface area (Å²) in [5, 5.41) is 8.24. The third kappa shape index (κ3) is 4.10. The molecule has 0 aliphatic carbocycles. The van der Waals surface area contributed by atoms with Crippen LogP contribution in [-0.2, 0) is 12.6 Å². The molecule has 0 aliphatic rings. The summed E-state index contributed by atoms with van der Waals surface area (Å²) < 4.78 is 43.2. The Hall–Kier alpha value is -2.26. The van der Waals surface area contributed by atoms with Gasteiger partial charge in [-0.05, 0) is 23.8 Å². The molecule has 0 atom stereocenters. The van der Waals surface area contributed by atoms with Crippen LogP contribution in [0.1, 0.15) is 11.1 Å². The van der Waals surface area contributed by atoms with Gasteiger partial charge in [0.1, 0.15) is 10.9 Å². The van der Waals surface area contributed by atoms with E-state index in [-0.39, 0.29) is 17.5 Å². The van der Waals surface area contributed by atoms with Gasteiger partial charge in [-0.3, -0.25) is 0 Å². The van der Waals surface area contributed by atoms with Gasteiger partial charge in [-0.2, -0.15) is 18.4 Å². The number of pyridine rings is 1. The fourth-order valence-corrected chi connectivity index (χ4v) is 1.78. The molecule has 0 saturated carbocycles. The first kappa shape index (κ1) is 15.1. The van der Waals surface area contributed by atoms with Crippen LogP contribution in [-0.4, -0.2) is 4.98 Å². The van der Waals surface area contributed by atoms with Gasteiger partial charge in [-0.25, -0.2) is 4.98 Å². The number of nitriles is 1. The lowest BCUT2D eigenvalue weighted by Gasteiger charge is -2.10. The van der Waals surface area contributed by atoms with Crippen LogP contribution >= 0.6 is 11.6 Å². The van der Waals surface area contributed by atoms with E-state index in [9.17, 15) is 13.2 Å². The fourth-order valence-electron chi connectivity index (χ4n) is 1.58. The molecule has 3 nitrogen and oxygen atoms in total. The predicted octanol–water partition coefficient (Wildman–Crippen LogP) is 4.61. The van der Waals surface area contributed by atoms with Crippen molar-refractivity contribution in [3.63, 3.8) is 0 Å². The second-order valence-corrected chi connectivity index (χ2v) is 4.48. The maximum Gasteiger partial charge on any atom is 0.416 e. The van der Waals surface area contributed by atoms with Crippen LogP contribution in [0.4, 0.5) is 13.2 Å². The quantitative estimate of drug-likeness (QED) is 0.777. The van der Waals surface area contributed by atoms with Crippen LogP contribution in [0.3, 0.4) is 0 Å². The largest absolute Gasteiger partial charge is 0.439 e. The Bertz CT molecular complexity index is 678. The highest BCUT2D eigenvalue weighted by atomic mass is 35.5. The average Bonchev–Trinajstić information content (AvgIpc) is 2.40. The first-order valence-electron chi connectivity index (χ1n) is 5.77. The molecular formula is C14H8ClF3N2O. The zero-order valence-corrected chi connectivity index (χ0v) is 11.2. The van der Waals surface area contributed by atoms with Crippen molar-refractivity contribution in [1.29, 1.82) is 5.26 Å². The predicted molar refractivity (Wildman–Crippen MR) is 70.1 cm³/mol. The molecule has 0 radical (unpaired) electrons. The van der Waals surface area contributed by atoms with Crippen molar-refractivity contribution in [3.8, 4) is 17.7 Å². The van der Waals surface area contributed by atoms with Crippen molar-refractivity contribution in [2.24, 2.45) is 0 Å². The molecule has 1 heterocycles. The zero-order valence-electron chi connectivity index (χ0n) is 10.5. The molecule has 0 spiro atoms. The minimum Gasteiger partial charge on any atom is -0.439 e. The van der Waals surface area contributed by atoms with E-state index in [2.05, 4.69) is 4.98 Å². The van der Waals surface area contributed by atoms with Gasteiger partial charge in [-0.1, -0.05) is 23.7 Å². The summed E-state index contributed by atoms with van der Waals surface area (Å²) in [7, 11) is 0. The van der Waals surface area contributed by atoms with Crippen LogP contribution in [0.25, 0.3) is 0 Å².